The highest BCUT2D eigenvalue weighted by Gasteiger charge is 2.45. The van der Waals surface area contributed by atoms with Gasteiger partial charge in [0, 0.05) is 5.25 Å². The van der Waals surface area contributed by atoms with Crippen molar-refractivity contribution in [3.05, 3.63) is 0 Å². The summed E-state index contributed by atoms with van der Waals surface area (Å²) in [5.41, 5.74) is 0. The summed E-state index contributed by atoms with van der Waals surface area (Å²) in [4.78, 5) is 18.3. The molecule has 0 saturated heterocycles. The number of hydrogen-bond donors (Lipinski definition) is 5. The predicted octanol–water partition coefficient (Wildman–Crippen LogP) is 4.51. The molecule has 19 heavy (non-hydrogen) atoms. The Hall–Kier alpha value is 1.20. The Morgan fingerprint density at radius 1 is 1.00 bits per heavy atom. The molecule has 0 spiro atoms. The van der Waals surface area contributed by atoms with E-state index in [1.54, 1.807) is 0 Å². The van der Waals surface area contributed by atoms with Gasteiger partial charge < -0.3 is 9.79 Å². The largest absolute Gasteiger partial charge is 0.352 e. The van der Waals surface area contributed by atoms with Crippen LogP contribution in [0, 0.1) is 0 Å². The third-order valence-electron chi connectivity index (χ3n) is 3.21. The second-order valence-corrected chi connectivity index (χ2v) is 9.90. The zero-order valence-corrected chi connectivity index (χ0v) is 15.1. The minimum absolute atomic E-state index is 0.514. The van der Waals surface area contributed by atoms with Gasteiger partial charge in [-0.25, -0.2) is 0 Å². The molecule has 0 aliphatic heterocycles. The van der Waals surface area contributed by atoms with Crippen molar-refractivity contribution in [3.63, 3.8) is 0 Å². The third-order valence-corrected chi connectivity index (χ3v) is 7.82. The molecule has 0 rings (SSSR count). The molecular formula is C12H27O3PS3. The first kappa shape index (κ1) is 20.2. The van der Waals surface area contributed by atoms with Gasteiger partial charge in [-0.15, -0.1) is 25.3 Å². The van der Waals surface area contributed by atoms with Gasteiger partial charge in [0.2, 0.25) is 0 Å². The number of unbranched alkanes of at least 4 members (excludes halogenated alkanes) is 7. The lowest BCUT2D eigenvalue weighted by Crippen LogP contribution is -2.26. The molecule has 0 bridgehead atoms. The van der Waals surface area contributed by atoms with Gasteiger partial charge >= 0.3 is 7.60 Å². The quantitative estimate of drug-likeness (QED) is 0.166. The maximum Gasteiger partial charge on any atom is 0.352 e. The molecule has 0 fully saturated rings. The number of hydrogen-bond acceptors (Lipinski definition) is 4. The van der Waals surface area contributed by atoms with E-state index in [0.29, 0.717) is 6.42 Å². The molecule has 2 N–H and O–H groups in total. The highest BCUT2D eigenvalue weighted by Crippen LogP contribution is 2.59. The monoisotopic (exact) mass is 346 g/mol. The second kappa shape index (κ2) is 10.0. The lowest BCUT2D eigenvalue weighted by Gasteiger charge is -2.29. The average molecular weight is 347 g/mol. The van der Waals surface area contributed by atoms with Gasteiger partial charge in [-0.3, -0.25) is 4.57 Å². The van der Waals surface area contributed by atoms with Gasteiger partial charge in [-0.2, -0.15) is 12.6 Å². The van der Waals surface area contributed by atoms with E-state index in [-0.39, 0.29) is 0 Å². The molecule has 0 radical (unpaired) electrons. The summed E-state index contributed by atoms with van der Waals surface area (Å²) >= 11 is 12.2. The fraction of sp³-hybridized carbons (Fsp3) is 1.00. The molecule has 7 heteroatoms. The Bertz CT molecular complexity index is 281. The van der Waals surface area contributed by atoms with Crippen LogP contribution in [-0.4, -0.2) is 18.9 Å². The molecule has 3 nitrogen and oxygen atoms in total. The van der Waals surface area contributed by atoms with Crippen molar-refractivity contribution in [2.45, 2.75) is 73.8 Å². The topological polar surface area (TPSA) is 57.5 Å². The van der Waals surface area contributed by atoms with E-state index in [0.717, 1.165) is 12.8 Å². The Labute approximate surface area is 133 Å². The molecule has 0 saturated carbocycles. The van der Waals surface area contributed by atoms with Crippen LogP contribution in [0.25, 0.3) is 0 Å². The maximum absolute atomic E-state index is 11.2. The van der Waals surface area contributed by atoms with E-state index < -0.39 is 16.7 Å². The van der Waals surface area contributed by atoms with Crippen molar-refractivity contribution >= 4 is 45.5 Å². The van der Waals surface area contributed by atoms with E-state index in [2.05, 4.69) is 44.8 Å². The Kier molecular flexibility index (Phi) is 10.6. The first-order chi connectivity index (χ1) is 8.73. The van der Waals surface area contributed by atoms with Crippen molar-refractivity contribution < 1.29 is 14.4 Å². The van der Waals surface area contributed by atoms with Gasteiger partial charge in [0.15, 0.2) is 3.82 Å². The van der Waals surface area contributed by atoms with E-state index >= 15 is 0 Å². The predicted molar refractivity (Wildman–Crippen MR) is 92.7 cm³/mol. The van der Waals surface area contributed by atoms with Crippen LogP contribution in [0.5, 0.6) is 0 Å². The molecule has 1 unspecified atom stereocenters. The van der Waals surface area contributed by atoms with Crippen molar-refractivity contribution in [2.75, 3.05) is 0 Å². The van der Waals surface area contributed by atoms with Crippen molar-refractivity contribution in [1.29, 1.82) is 0 Å². The molecule has 1 atom stereocenters. The summed E-state index contributed by atoms with van der Waals surface area (Å²) in [5.74, 6) is 0. The van der Waals surface area contributed by atoms with Crippen molar-refractivity contribution in [1.82, 2.24) is 0 Å². The van der Waals surface area contributed by atoms with Gasteiger partial charge in [-0.05, 0) is 6.42 Å². The van der Waals surface area contributed by atoms with Crippen LogP contribution < -0.4 is 0 Å². The first-order valence-electron chi connectivity index (χ1n) is 6.92. The SMILES string of the molecule is CCCCCCCCCCC(S)C(S)(S)P(=O)(O)O. The second-order valence-electron chi connectivity index (χ2n) is 5.01. The minimum atomic E-state index is -4.35. The lowest BCUT2D eigenvalue weighted by molar-refractivity contribution is 0.364. The molecule has 0 aromatic heterocycles. The van der Waals surface area contributed by atoms with Gasteiger partial charge in [0.25, 0.3) is 0 Å². The van der Waals surface area contributed by atoms with Crippen LogP contribution in [0.15, 0.2) is 0 Å². The average Bonchev–Trinajstić information content (AvgIpc) is 2.30. The zero-order valence-electron chi connectivity index (χ0n) is 11.5. The number of rotatable bonds is 11. The third kappa shape index (κ3) is 8.27. The van der Waals surface area contributed by atoms with Gasteiger partial charge in [0.1, 0.15) is 0 Å². The van der Waals surface area contributed by atoms with Crippen molar-refractivity contribution in [3.8, 4) is 0 Å². The van der Waals surface area contributed by atoms with Crippen molar-refractivity contribution in [2.24, 2.45) is 0 Å². The fourth-order valence-corrected chi connectivity index (χ4v) is 3.27. The molecule has 0 aromatic rings. The van der Waals surface area contributed by atoms with Gasteiger partial charge in [0.05, 0.1) is 0 Å². The zero-order chi connectivity index (χ0) is 14.9. The summed E-state index contributed by atoms with van der Waals surface area (Å²) in [6.07, 6.45) is 10.2. The Balaban J connectivity index is 3.70. The lowest BCUT2D eigenvalue weighted by atomic mass is 10.1. The summed E-state index contributed by atoms with van der Waals surface area (Å²) in [6, 6.07) is 0. The summed E-state index contributed by atoms with van der Waals surface area (Å²) < 4.78 is 9.58. The molecule has 0 aromatic carbocycles. The standard InChI is InChI=1S/C12H27O3PS3/c1-2-3-4-5-6-7-8-9-10-11(17)12(18,19)16(13,14)15/h11,17-19H,2-10H2,1H3,(H2,13,14,15). The summed E-state index contributed by atoms with van der Waals surface area (Å²) in [6.45, 7) is 2.20. The first-order valence-corrected chi connectivity index (χ1v) is 9.94. The van der Waals surface area contributed by atoms with Crippen LogP contribution in [0.1, 0.15) is 64.7 Å². The van der Waals surface area contributed by atoms with E-state index in [4.69, 9.17) is 9.79 Å². The normalized spacial score (nSPS) is 14.6. The van der Waals surface area contributed by atoms with E-state index in [1.165, 1.54) is 38.5 Å². The minimum Gasteiger partial charge on any atom is -0.323 e. The molecule has 0 aliphatic carbocycles. The molecular weight excluding hydrogens is 319 g/mol. The van der Waals surface area contributed by atoms with Gasteiger partial charge in [-0.1, -0.05) is 58.3 Å². The van der Waals surface area contributed by atoms with Crippen LogP contribution in [0.2, 0.25) is 0 Å². The summed E-state index contributed by atoms with van der Waals surface area (Å²) in [7, 11) is -4.35. The summed E-state index contributed by atoms with van der Waals surface area (Å²) in [5, 5.41) is -0.514. The molecule has 0 heterocycles. The number of thiol groups is 3. The molecule has 116 valence electrons. The van der Waals surface area contributed by atoms with E-state index in [9.17, 15) is 4.57 Å². The Morgan fingerprint density at radius 2 is 1.42 bits per heavy atom. The van der Waals surface area contributed by atoms with Crippen LogP contribution >= 0.6 is 45.5 Å². The highest BCUT2D eigenvalue weighted by molar-refractivity contribution is 8.11. The fourth-order valence-electron chi connectivity index (χ4n) is 1.86. The van der Waals surface area contributed by atoms with E-state index in [1.807, 2.05) is 0 Å². The highest BCUT2D eigenvalue weighted by atomic mass is 32.2. The van der Waals surface area contributed by atoms with Crippen LogP contribution in [0.3, 0.4) is 0 Å². The van der Waals surface area contributed by atoms with Crippen LogP contribution in [-0.2, 0) is 4.57 Å². The Morgan fingerprint density at radius 3 is 1.84 bits per heavy atom. The molecule has 0 aliphatic rings. The smallest absolute Gasteiger partial charge is 0.323 e. The van der Waals surface area contributed by atoms with Crippen LogP contribution in [0.4, 0.5) is 0 Å². The maximum atomic E-state index is 11.2. The molecule has 0 amide bonds.